The van der Waals surface area contributed by atoms with Gasteiger partial charge in [0.25, 0.3) is 5.91 Å². The molecule has 7 nitrogen and oxygen atoms in total. The highest BCUT2D eigenvalue weighted by Crippen LogP contribution is 2.10. The van der Waals surface area contributed by atoms with Gasteiger partial charge < -0.3 is 10.4 Å². The molecule has 1 atom stereocenters. The number of amides is 1. The lowest BCUT2D eigenvalue weighted by Gasteiger charge is -2.18. The Kier molecular flexibility index (Phi) is 4.32. The average molecular weight is 288 g/mol. The molecule has 0 aliphatic heterocycles. The molecule has 1 amide bonds. The van der Waals surface area contributed by atoms with Gasteiger partial charge in [-0.25, -0.2) is 14.5 Å². The molecular formula is C14H16N4O3. The monoisotopic (exact) mass is 288 g/mol. The summed E-state index contributed by atoms with van der Waals surface area (Å²) < 4.78 is 1.52. The number of carbonyl (C=O) groups excluding carboxylic acids is 1. The average Bonchev–Trinajstić information content (AvgIpc) is 2.98. The third-order valence-electron chi connectivity index (χ3n) is 3.01. The van der Waals surface area contributed by atoms with E-state index in [1.54, 1.807) is 38.1 Å². The first-order valence-corrected chi connectivity index (χ1v) is 6.48. The van der Waals surface area contributed by atoms with E-state index in [0.29, 0.717) is 11.3 Å². The van der Waals surface area contributed by atoms with Crippen molar-refractivity contribution < 1.29 is 14.7 Å². The van der Waals surface area contributed by atoms with Gasteiger partial charge in [0.1, 0.15) is 18.7 Å². The fraction of sp³-hybridized carbons (Fsp3) is 0.286. The van der Waals surface area contributed by atoms with E-state index in [0.717, 1.165) is 0 Å². The van der Waals surface area contributed by atoms with Gasteiger partial charge in [0.2, 0.25) is 0 Å². The fourth-order valence-corrected chi connectivity index (χ4v) is 1.87. The van der Waals surface area contributed by atoms with Gasteiger partial charge in [-0.1, -0.05) is 19.9 Å². The van der Waals surface area contributed by atoms with Crippen LogP contribution in [0.5, 0.6) is 0 Å². The van der Waals surface area contributed by atoms with E-state index >= 15 is 0 Å². The summed E-state index contributed by atoms with van der Waals surface area (Å²) in [5.74, 6) is -1.69. The van der Waals surface area contributed by atoms with Crippen LogP contribution >= 0.6 is 0 Å². The predicted molar refractivity (Wildman–Crippen MR) is 75.1 cm³/mol. The van der Waals surface area contributed by atoms with Gasteiger partial charge in [0.15, 0.2) is 0 Å². The van der Waals surface area contributed by atoms with E-state index in [1.807, 2.05) is 0 Å². The number of carbonyl (C=O) groups is 2. The second kappa shape index (κ2) is 6.17. The van der Waals surface area contributed by atoms with Gasteiger partial charge in [0, 0.05) is 5.56 Å². The summed E-state index contributed by atoms with van der Waals surface area (Å²) in [6, 6.07) is 5.81. The van der Waals surface area contributed by atoms with E-state index < -0.39 is 17.9 Å². The van der Waals surface area contributed by atoms with Crippen molar-refractivity contribution in [2.75, 3.05) is 0 Å². The first-order valence-electron chi connectivity index (χ1n) is 6.48. The molecule has 1 aromatic carbocycles. The van der Waals surface area contributed by atoms with E-state index in [4.69, 9.17) is 5.11 Å². The van der Waals surface area contributed by atoms with Gasteiger partial charge >= 0.3 is 5.97 Å². The first-order chi connectivity index (χ1) is 9.99. The third-order valence-corrected chi connectivity index (χ3v) is 3.01. The van der Waals surface area contributed by atoms with E-state index in [-0.39, 0.29) is 5.92 Å². The summed E-state index contributed by atoms with van der Waals surface area (Å²) in [6.45, 7) is 3.48. The second-order valence-electron chi connectivity index (χ2n) is 4.92. The minimum Gasteiger partial charge on any atom is -0.480 e. The van der Waals surface area contributed by atoms with Crippen LogP contribution in [0.25, 0.3) is 5.69 Å². The third kappa shape index (κ3) is 3.44. The highest BCUT2D eigenvalue weighted by molar-refractivity contribution is 5.97. The van der Waals surface area contributed by atoms with Crippen LogP contribution in [0.15, 0.2) is 36.9 Å². The minimum atomic E-state index is -1.05. The molecule has 0 saturated heterocycles. The first kappa shape index (κ1) is 14.7. The summed E-state index contributed by atoms with van der Waals surface area (Å²) in [7, 11) is 0. The number of carboxylic acid groups (broad SMARTS) is 1. The Hall–Kier alpha value is -2.70. The Morgan fingerprint density at radius 3 is 2.67 bits per heavy atom. The zero-order valence-corrected chi connectivity index (χ0v) is 11.7. The van der Waals surface area contributed by atoms with Gasteiger partial charge in [-0.15, -0.1) is 0 Å². The summed E-state index contributed by atoms with van der Waals surface area (Å²) in [5.41, 5.74) is 1.05. The van der Waals surface area contributed by atoms with Crippen LogP contribution in [0.1, 0.15) is 24.2 Å². The molecule has 2 N–H and O–H groups in total. The summed E-state index contributed by atoms with van der Waals surface area (Å²) in [4.78, 5) is 27.1. The number of hydrogen-bond donors (Lipinski definition) is 2. The van der Waals surface area contributed by atoms with Gasteiger partial charge in [-0.2, -0.15) is 5.10 Å². The topological polar surface area (TPSA) is 97.1 Å². The van der Waals surface area contributed by atoms with Crippen LogP contribution < -0.4 is 5.32 Å². The molecular weight excluding hydrogens is 272 g/mol. The number of carboxylic acids is 1. The Bertz CT molecular complexity index is 637. The molecule has 110 valence electrons. The number of nitrogens with one attached hydrogen (secondary N) is 1. The lowest BCUT2D eigenvalue weighted by Crippen LogP contribution is -2.44. The highest BCUT2D eigenvalue weighted by Gasteiger charge is 2.24. The predicted octanol–water partition coefficient (Wildman–Crippen LogP) is 1.11. The molecule has 0 saturated carbocycles. The molecule has 2 rings (SSSR count). The lowest BCUT2D eigenvalue weighted by molar-refractivity contribution is -0.140. The van der Waals surface area contributed by atoms with Crippen LogP contribution in [-0.2, 0) is 4.79 Å². The van der Waals surface area contributed by atoms with Crippen molar-refractivity contribution in [2.24, 2.45) is 5.92 Å². The van der Waals surface area contributed by atoms with Crippen molar-refractivity contribution in [3.05, 3.63) is 42.5 Å². The number of aliphatic carboxylic acids is 1. The molecule has 0 fully saturated rings. The van der Waals surface area contributed by atoms with E-state index in [9.17, 15) is 9.59 Å². The highest BCUT2D eigenvalue weighted by atomic mass is 16.4. The quantitative estimate of drug-likeness (QED) is 0.859. The molecule has 0 spiro atoms. The number of rotatable bonds is 5. The van der Waals surface area contributed by atoms with Crippen LogP contribution in [0.2, 0.25) is 0 Å². The molecule has 1 aromatic heterocycles. The van der Waals surface area contributed by atoms with Crippen molar-refractivity contribution in [2.45, 2.75) is 19.9 Å². The summed E-state index contributed by atoms with van der Waals surface area (Å²) in [5, 5.41) is 15.6. The van der Waals surface area contributed by atoms with Crippen molar-refractivity contribution in [3.63, 3.8) is 0 Å². The minimum absolute atomic E-state index is 0.204. The summed E-state index contributed by atoms with van der Waals surface area (Å²) in [6.07, 6.45) is 2.91. The SMILES string of the molecule is CC(C)[C@H](NC(=O)c1cccc(-n2cncn2)c1)C(=O)O. The van der Waals surface area contributed by atoms with Gasteiger partial charge in [0.05, 0.1) is 5.69 Å². The van der Waals surface area contributed by atoms with Crippen molar-refractivity contribution in [1.29, 1.82) is 0 Å². The molecule has 0 aliphatic rings. The lowest BCUT2D eigenvalue weighted by atomic mass is 10.0. The van der Waals surface area contributed by atoms with Crippen molar-refractivity contribution >= 4 is 11.9 Å². The van der Waals surface area contributed by atoms with Crippen LogP contribution in [0.3, 0.4) is 0 Å². The fourth-order valence-electron chi connectivity index (χ4n) is 1.87. The van der Waals surface area contributed by atoms with Crippen molar-refractivity contribution in [1.82, 2.24) is 20.1 Å². The maximum Gasteiger partial charge on any atom is 0.326 e. The largest absolute Gasteiger partial charge is 0.480 e. The standard InChI is InChI=1S/C14H16N4O3/c1-9(2)12(14(20)21)17-13(19)10-4-3-5-11(6-10)18-8-15-7-16-18/h3-9,12H,1-2H3,(H,17,19)(H,20,21)/t12-/m0/s1. The normalized spacial score (nSPS) is 12.1. The molecule has 0 radical (unpaired) electrons. The molecule has 0 bridgehead atoms. The Labute approximate surface area is 121 Å². The van der Waals surface area contributed by atoms with E-state index in [1.165, 1.54) is 17.3 Å². The van der Waals surface area contributed by atoms with Crippen molar-refractivity contribution in [3.8, 4) is 5.69 Å². The molecule has 7 heteroatoms. The smallest absolute Gasteiger partial charge is 0.326 e. The maximum absolute atomic E-state index is 12.2. The summed E-state index contributed by atoms with van der Waals surface area (Å²) >= 11 is 0. The van der Waals surface area contributed by atoms with Crippen LogP contribution in [-0.4, -0.2) is 37.8 Å². The number of nitrogens with zero attached hydrogens (tertiary/aromatic N) is 3. The zero-order chi connectivity index (χ0) is 15.4. The molecule has 0 aliphatic carbocycles. The molecule has 1 heterocycles. The molecule has 2 aromatic rings. The zero-order valence-electron chi connectivity index (χ0n) is 11.7. The maximum atomic E-state index is 12.2. The van der Waals surface area contributed by atoms with Gasteiger partial charge in [-0.3, -0.25) is 4.79 Å². The number of hydrogen-bond acceptors (Lipinski definition) is 4. The Morgan fingerprint density at radius 2 is 2.10 bits per heavy atom. The second-order valence-corrected chi connectivity index (χ2v) is 4.92. The number of benzene rings is 1. The van der Waals surface area contributed by atoms with E-state index in [2.05, 4.69) is 15.4 Å². The molecule has 21 heavy (non-hydrogen) atoms. The Morgan fingerprint density at radius 1 is 1.33 bits per heavy atom. The molecule has 0 unspecified atom stereocenters. The van der Waals surface area contributed by atoms with Gasteiger partial charge in [-0.05, 0) is 24.1 Å². The number of aromatic nitrogens is 3. The Balaban J connectivity index is 2.20. The van der Waals surface area contributed by atoms with Crippen LogP contribution in [0, 0.1) is 5.92 Å². The van der Waals surface area contributed by atoms with Crippen LogP contribution in [0.4, 0.5) is 0 Å².